The zero-order valence-electron chi connectivity index (χ0n) is 9.68. The van der Waals surface area contributed by atoms with E-state index in [1.165, 1.54) is 4.90 Å². The first-order valence-electron chi connectivity index (χ1n) is 5.57. The highest BCUT2D eigenvalue weighted by molar-refractivity contribution is 5.85. The van der Waals surface area contributed by atoms with Gasteiger partial charge in [0.15, 0.2) is 0 Å². The van der Waals surface area contributed by atoms with E-state index in [-0.39, 0.29) is 19.0 Å². The minimum Gasteiger partial charge on any atom is -0.388 e. The Kier molecular flexibility index (Phi) is 3.89. The van der Waals surface area contributed by atoms with Crippen molar-refractivity contribution in [1.29, 1.82) is 5.26 Å². The van der Waals surface area contributed by atoms with Gasteiger partial charge in [-0.3, -0.25) is 4.79 Å². The van der Waals surface area contributed by atoms with Crippen LogP contribution in [0.3, 0.4) is 0 Å². The Labute approximate surface area is 95.3 Å². The normalized spacial score (nSPS) is 25.6. The van der Waals surface area contributed by atoms with Crippen LogP contribution in [0.25, 0.3) is 0 Å². The van der Waals surface area contributed by atoms with Crippen LogP contribution in [0.2, 0.25) is 0 Å². The standard InChI is InChI=1S/C11H18N2O3/c1-3-11(4-2,7-12)10(16)13-5-8(14)9(15)6-13/h8-9,14-15H,3-6H2,1-2H3. The molecule has 1 rings (SSSR count). The number of aliphatic hydroxyl groups is 2. The van der Waals surface area contributed by atoms with Gasteiger partial charge in [-0.05, 0) is 12.8 Å². The summed E-state index contributed by atoms with van der Waals surface area (Å²) in [6.45, 7) is 3.83. The zero-order valence-corrected chi connectivity index (χ0v) is 9.68. The molecule has 1 heterocycles. The molecule has 1 saturated heterocycles. The van der Waals surface area contributed by atoms with Crippen molar-refractivity contribution in [3.05, 3.63) is 0 Å². The van der Waals surface area contributed by atoms with Gasteiger partial charge in [-0.15, -0.1) is 0 Å². The largest absolute Gasteiger partial charge is 0.388 e. The summed E-state index contributed by atoms with van der Waals surface area (Å²) in [4.78, 5) is 13.5. The average molecular weight is 226 g/mol. The molecule has 16 heavy (non-hydrogen) atoms. The van der Waals surface area contributed by atoms with E-state index in [0.717, 1.165) is 0 Å². The molecule has 0 aromatic carbocycles. The molecular weight excluding hydrogens is 208 g/mol. The number of nitrogens with zero attached hydrogens (tertiary/aromatic N) is 2. The summed E-state index contributed by atoms with van der Waals surface area (Å²) in [5.41, 5.74) is -1.01. The minimum absolute atomic E-state index is 0.115. The van der Waals surface area contributed by atoms with Gasteiger partial charge < -0.3 is 15.1 Å². The number of hydrogen-bond acceptors (Lipinski definition) is 4. The lowest BCUT2D eigenvalue weighted by Crippen LogP contribution is -2.42. The quantitative estimate of drug-likeness (QED) is 0.702. The molecule has 1 fully saturated rings. The van der Waals surface area contributed by atoms with Crippen LogP contribution in [-0.2, 0) is 4.79 Å². The van der Waals surface area contributed by atoms with Gasteiger partial charge in [0.25, 0.3) is 0 Å². The van der Waals surface area contributed by atoms with Crippen molar-refractivity contribution in [3.63, 3.8) is 0 Å². The SMILES string of the molecule is CCC(C#N)(CC)C(=O)N1CC(O)C(O)C1. The number of hydrogen-bond donors (Lipinski definition) is 2. The molecule has 0 aromatic heterocycles. The zero-order chi connectivity index (χ0) is 12.3. The fourth-order valence-electron chi connectivity index (χ4n) is 2.00. The van der Waals surface area contributed by atoms with Crippen molar-refractivity contribution in [2.24, 2.45) is 5.41 Å². The molecule has 0 spiro atoms. The van der Waals surface area contributed by atoms with Crippen LogP contribution in [0.4, 0.5) is 0 Å². The lowest BCUT2D eigenvalue weighted by atomic mass is 9.82. The minimum atomic E-state index is -1.01. The van der Waals surface area contributed by atoms with E-state index in [4.69, 9.17) is 5.26 Å². The Morgan fingerprint density at radius 2 is 1.81 bits per heavy atom. The number of aliphatic hydroxyl groups excluding tert-OH is 2. The molecule has 2 N–H and O–H groups in total. The van der Waals surface area contributed by atoms with Gasteiger partial charge in [-0.25, -0.2) is 0 Å². The molecule has 0 aliphatic carbocycles. The van der Waals surface area contributed by atoms with Crippen LogP contribution in [0.15, 0.2) is 0 Å². The monoisotopic (exact) mass is 226 g/mol. The van der Waals surface area contributed by atoms with Crippen LogP contribution >= 0.6 is 0 Å². The van der Waals surface area contributed by atoms with E-state index in [0.29, 0.717) is 12.8 Å². The van der Waals surface area contributed by atoms with E-state index in [1.807, 2.05) is 0 Å². The fraction of sp³-hybridized carbons (Fsp3) is 0.818. The van der Waals surface area contributed by atoms with Gasteiger partial charge in [0, 0.05) is 13.1 Å². The number of carbonyl (C=O) groups excluding carboxylic acids is 1. The van der Waals surface area contributed by atoms with E-state index in [9.17, 15) is 15.0 Å². The second-order valence-corrected chi connectivity index (χ2v) is 4.25. The van der Waals surface area contributed by atoms with Crippen molar-refractivity contribution < 1.29 is 15.0 Å². The van der Waals surface area contributed by atoms with Crippen LogP contribution in [-0.4, -0.2) is 46.3 Å². The van der Waals surface area contributed by atoms with E-state index in [2.05, 4.69) is 6.07 Å². The molecule has 2 unspecified atom stereocenters. The van der Waals surface area contributed by atoms with Crippen molar-refractivity contribution in [1.82, 2.24) is 4.90 Å². The Morgan fingerprint density at radius 3 is 2.12 bits per heavy atom. The topological polar surface area (TPSA) is 84.6 Å². The molecule has 90 valence electrons. The molecule has 5 heteroatoms. The summed E-state index contributed by atoms with van der Waals surface area (Å²) in [5.74, 6) is -0.282. The van der Waals surface area contributed by atoms with E-state index < -0.39 is 17.6 Å². The van der Waals surface area contributed by atoms with Crippen molar-refractivity contribution in [3.8, 4) is 6.07 Å². The van der Waals surface area contributed by atoms with E-state index in [1.54, 1.807) is 13.8 Å². The molecule has 1 aliphatic heterocycles. The Hall–Kier alpha value is -1.12. The second kappa shape index (κ2) is 4.81. The highest BCUT2D eigenvalue weighted by atomic mass is 16.3. The molecule has 1 aliphatic rings. The maximum atomic E-state index is 12.1. The van der Waals surface area contributed by atoms with Gasteiger partial charge in [0.1, 0.15) is 5.41 Å². The summed E-state index contributed by atoms with van der Waals surface area (Å²) in [6.07, 6.45) is -0.897. The molecule has 0 saturated carbocycles. The Balaban J connectivity index is 2.82. The third kappa shape index (κ3) is 2.04. The first-order valence-corrected chi connectivity index (χ1v) is 5.57. The lowest BCUT2D eigenvalue weighted by Gasteiger charge is -2.27. The first-order chi connectivity index (χ1) is 7.50. The summed E-state index contributed by atoms with van der Waals surface area (Å²) < 4.78 is 0. The lowest BCUT2D eigenvalue weighted by molar-refractivity contribution is -0.138. The highest BCUT2D eigenvalue weighted by Gasteiger charge is 2.42. The summed E-state index contributed by atoms with van der Waals surface area (Å²) in [6, 6.07) is 2.07. The number of rotatable bonds is 3. The van der Waals surface area contributed by atoms with E-state index >= 15 is 0 Å². The van der Waals surface area contributed by atoms with Gasteiger partial charge >= 0.3 is 0 Å². The van der Waals surface area contributed by atoms with Gasteiger partial charge in [-0.2, -0.15) is 5.26 Å². The van der Waals surface area contributed by atoms with Crippen LogP contribution in [0.5, 0.6) is 0 Å². The first kappa shape index (κ1) is 12.9. The van der Waals surface area contributed by atoms with Crippen LogP contribution in [0.1, 0.15) is 26.7 Å². The molecular formula is C11H18N2O3. The fourth-order valence-corrected chi connectivity index (χ4v) is 2.00. The molecule has 0 aromatic rings. The Bertz CT molecular complexity index is 297. The summed E-state index contributed by atoms with van der Waals surface area (Å²) in [5, 5.41) is 27.9. The third-order valence-electron chi connectivity index (χ3n) is 3.38. The number of amides is 1. The number of likely N-dealkylation sites (tertiary alicyclic amines) is 1. The van der Waals surface area contributed by atoms with Crippen LogP contribution in [0, 0.1) is 16.7 Å². The predicted molar refractivity (Wildman–Crippen MR) is 57.2 cm³/mol. The maximum Gasteiger partial charge on any atom is 0.243 e. The number of nitriles is 1. The van der Waals surface area contributed by atoms with Crippen molar-refractivity contribution in [2.75, 3.05) is 13.1 Å². The van der Waals surface area contributed by atoms with Gasteiger partial charge in [0.05, 0.1) is 18.3 Å². The van der Waals surface area contributed by atoms with Gasteiger partial charge in [-0.1, -0.05) is 13.8 Å². The van der Waals surface area contributed by atoms with Crippen molar-refractivity contribution in [2.45, 2.75) is 38.9 Å². The van der Waals surface area contributed by atoms with Crippen LogP contribution < -0.4 is 0 Å². The molecule has 0 radical (unpaired) electrons. The highest BCUT2D eigenvalue weighted by Crippen LogP contribution is 2.29. The predicted octanol–water partition coefficient (Wildman–Crippen LogP) is -0.120. The average Bonchev–Trinajstić information content (AvgIpc) is 2.62. The molecule has 1 amide bonds. The smallest absolute Gasteiger partial charge is 0.243 e. The summed E-state index contributed by atoms with van der Waals surface area (Å²) >= 11 is 0. The van der Waals surface area contributed by atoms with Crippen molar-refractivity contribution >= 4 is 5.91 Å². The molecule has 5 nitrogen and oxygen atoms in total. The molecule has 2 atom stereocenters. The Morgan fingerprint density at radius 1 is 1.38 bits per heavy atom. The van der Waals surface area contributed by atoms with Gasteiger partial charge in [0.2, 0.25) is 5.91 Å². The third-order valence-corrected chi connectivity index (χ3v) is 3.38. The number of β-amino-alcohol motifs (C(OH)–C–C–N with tert-alkyl or cyclic N) is 2. The number of carbonyl (C=O) groups is 1. The summed E-state index contributed by atoms with van der Waals surface area (Å²) in [7, 11) is 0. The molecule has 0 bridgehead atoms. The maximum absolute atomic E-state index is 12.1. The second-order valence-electron chi connectivity index (χ2n) is 4.25.